The van der Waals surface area contributed by atoms with Crippen molar-refractivity contribution in [3.05, 3.63) is 12.7 Å². The molecule has 1 saturated carbocycles. The molecular formula is C13H28. The standard InChI is InChI=1S/C6H10.C5H12.C2H6/c1-3-6-4-5(6)2;1-3-5-4-2;1-2/h3,5-6H,1,4H2,2H3;3-5H2,1-2H3;1-2H3. The second-order valence-corrected chi connectivity index (χ2v) is 3.47. The predicted molar refractivity (Wildman–Crippen MR) is 64.0 cm³/mol. The van der Waals surface area contributed by atoms with Crippen LogP contribution in [0.4, 0.5) is 0 Å². The minimum Gasteiger partial charge on any atom is -0.103 e. The van der Waals surface area contributed by atoms with Crippen molar-refractivity contribution in [3.8, 4) is 0 Å². The summed E-state index contributed by atoms with van der Waals surface area (Å²) in [7, 11) is 0. The summed E-state index contributed by atoms with van der Waals surface area (Å²) in [5.41, 5.74) is 0. The number of hydrogen-bond acceptors (Lipinski definition) is 0. The lowest BCUT2D eigenvalue weighted by Gasteiger charge is -1.79. The molecule has 0 amide bonds. The molecule has 2 atom stereocenters. The van der Waals surface area contributed by atoms with E-state index < -0.39 is 0 Å². The zero-order chi connectivity index (χ0) is 10.7. The molecular weight excluding hydrogens is 156 g/mol. The molecule has 0 nitrogen and oxygen atoms in total. The Hall–Kier alpha value is -0.260. The fraction of sp³-hybridized carbons (Fsp3) is 0.846. The molecule has 0 bridgehead atoms. The van der Waals surface area contributed by atoms with Gasteiger partial charge in [0, 0.05) is 0 Å². The maximum atomic E-state index is 3.67. The Labute approximate surface area is 85.4 Å². The third-order valence-corrected chi connectivity index (χ3v) is 2.18. The van der Waals surface area contributed by atoms with E-state index in [9.17, 15) is 0 Å². The molecule has 2 unspecified atom stereocenters. The van der Waals surface area contributed by atoms with Gasteiger partial charge in [0.05, 0.1) is 0 Å². The van der Waals surface area contributed by atoms with E-state index in [2.05, 4.69) is 27.4 Å². The van der Waals surface area contributed by atoms with Crippen LogP contribution in [0.15, 0.2) is 12.7 Å². The number of allylic oxidation sites excluding steroid dienone is 1. The third kappa shape index (κ3) is 11.7. The second kappa shape index (κ2) is 11.7. The highest BCUT2D eigenvalue weighted by Gasteiger charge is 2.28. The summed E-state index contributed by atoms with van der Waals surface area (Å²) in [6.45, 7) is 14.4. The van der Waals surface area contributed by atoms with Gasteiger partial charge < -0.3 is 0 Å². The van der Waals surface area contributed by atoms with Crippen LogP contribution >= 0.6 is 0 Å². The molecule has 80 valence electrons. The topological polar surface area (TPSA) is 0 Å². The lowest BCUT2D eigenvalue weighted by molar-refractivity contribution is 0.772. The Morgan fingerprint density at radius 3 is 1.62 bits per heavy atom. The second-order valence-electron chi connectivity index (χ2n) is 3.47. The number of rotatable bonds is 3. The van der Waals surface area contributed by atoms with Crippen LogP contribution in [-0.2, 0) is 0 Å². The molecule has 1 rings (SSSR count). The van der Waals surface area contributed by atoms with E-state index in [1.54, 1.807) is 0 Å². The van der Waals surface area contributed by atoms with Gasteiger partial charge in [-0.3, -0.25) is 0 Å². The third-order valence-electron chi connectivity index (χ3n) is 2.18. The summed E-state index contributed by atoms with van der Waals surface area (Å²) >= 11 is 0. The Kier molecular flexibility index (Phi) is 13.7. The molecule has 0 spiro atoms. The molecule has 0 radical (unpaired) electrons. The summed E-state index contributed by atoms with van der Waals surface area (Å²) < 4.78 is 0. The number of unbranched alkanes of at least 4 members (excludes halogenated alkanes) is 2. The summed E-state index contributed by atoms with van der Waals surface area (Å²) in [4.78, 5) is 0. The van der Waals surface area contributed by atoms with Crippen LogP contribution in [0.2, 0.25) is 0 Å². The summed E-state index contributed by atoms with van der Waals surface area (Å²) in [5, 5.41) is 0. The van der Waals surface area contributed by atoms with Crippen LogP contribution in [0.5, 0.6) is 0 Å². The maximum absolute atomic E-state index is 3.67. The highest BCUT2D eigenvalue weighted by atomic mass is 14.3. The Morgan fingerprint density at radius 1 is 1.23 bits per heavy atom. The molecule has 13 heavy (non-hydrogen) atoms. The van der Waals surface area contributed by atoms with E-state index in [1.165, 1.54) is 25.7 Å². The van der Waals surface area contributed by atoms with Crippen molar-refractivity contribution in [2.45, 2.75) is 60.3 Å². The van der Waals surface area contributed by atoms with Gasteiger partial charge in [-0.25, -0.2) is 0 Å². The molecule has 1 fully saturated rings. The van der Waals surface area contributed by atoms with Gasteiger partial charge in [-0.2, -0.15) is 0 Å². The van der Waals surface area contributed by atoms with Gasteiger partial charge in [-0.15, -0.1) is 6.58 Å². The molecule has 0 aliphatic heterocycles. The zero-order valence-corrected chi connectivity index (χ0v) is 10.3. The first-order valence-electron chi connectivity index (χ1n) is 5.88. The lowest BCUT2D eigenvalue weighted by atomic mass is 10.3. The molecule has 0 aromatic heterocycles. The van der Waals surface area contributed by atoms with Gasteiger partial charge in [-0.05, 0) is 18.3 Å². The van der Waals surface area contributed by atoms with Crippen LogP contribution in [-0.4, -0.2) is 0 Å². The van der Waals surface area contributed by atoms with E-state index in [1.807, 2.05) is 19.9 Å². The lowest BCUT2D eigenvalue weighted by Crippen LogP contribution is -1.62. The summed E-state index contributed by atoms with van der Waals surface area (Å²) in [6, 6.07) is 0. The van der Waals surface area contributed by atoms with E-state index >= 15 is 0 Å². The van der Waals surface area contributed by atoms with E-state index in [0.717, 1.165) is 11.8 Å². The van der Waals surface area contributed by atoms with Gasteiger partial charge in [0.25, 0.3) is 0 Å². The minimum absolute atomic E-state index is 0.866. The van der Waals surface area contributed by atoms with Gasteiger partial charge >= 0.3 is 0 Å². The van der Waals surface area contributed by atoms with Crippen molar-refractivity contribution in [2.75, 3.05) is 0 Å². The monoisotopic (exact) mass is 184 g/mol. The van der Waals surface area contributed by atoms with Crippen molar-refractivity contribution in [1.82, 2.24) is 0 Å². The van der Waals surface area contributed by atoms with E-state index in [-0.39, 0.29) is 0 Å². The largest absolute Gasteiger partial charge is 0.103 e. The smallest absolute Gasteiger partial charge is 0.0207 e. The summed E-state index contributed by atoms with van der Waals surface area (Å²) in [6.07, 6.45) is 7.50. The molecule has 1 aliphatic carbocycles. The van der Waals surface area contributed by atoms with E-state index in [0.29, 0.717) is 0 Å². The van der Waals surface area contributed by atoms with Crippen molar-refractivity contribution >= 4 is 0 Å². The molecule has 0 saturated heterocycles. The van der Waals surface area contributed by atoms with Crippen molar-refractivity contribution < 1.29 is 0 Å². The molecule has 0 heteroatoms. The van der Waals surface area contributed by atoms with Crippen LogP contribution < -0.4 is 0 Å². The first-order chi connectivity index (χ1) is 6.26. The molecule has 0 aromatic carbocycles. The van der Waals surface area contributed by atoms with Gasteiger partial charge in [0.15, 0.2) is 0 Å². The van der Waals surface area contributed by atoms with Crippen molar-refractivity contribution in [1.29, 1.82) is 0 Å². The molecule has 0 N–H and O–H groups in total. The fourth-order valence-electron chi connectivity index (χ4n) is 1.03. The van der Waals surface area contributed by atoms with Crippen molar-refractivity contribution in [3.63, 3.8) is 0 Å². The van der Waals surface area contributed by atoms with Gasteiger partial charge in [-0.1, -0.05) is 60.0 Å². The SMILES string of the molecule is C=CC1CC1C.CC.CCCCC. The highest BCUT2D eigenvalue weighted by Crippen LogP contribution is 2.37. The van der Waals surface area contributed by atoms with Gasteiger partial charge in [0.2, 0.25) is 0 Å². The number of hydrogen-bond donors (Lipinski definition) is 0. The first kappa shape index (κ1) is 15.2. The Bertz CT molecular complexity index is 92.2. The predicted octanol–water partition coefficient (Wildman–Crippen LogP) is 5.05. The molecule has 1 aliphatic rings. The fourth-order valence-corrected chi connectivity index (χ4v) is 1.03. The summed E-state index contributed by atoms with van der Waals surface area (Å²) in [5.74, 6) is 1.81. The quantitative estimate of drug-likeness (QED) is 0.538. The molecule has 0 heterocycles. The maximum Gasteiger partial charge on any atom is -0.0207 e. The first-order valence-corrected chi connectivity index (χ1v) is 5.88. The van der Waals surface area contributed by atoms with Crippen LogP contribution in [0, 0.1) is 11.8 Å². The van der Waals surface area contributed by atoms with Crippen LogP contribution in [0.1, 0.15) is 60.3 Å². The van der Waals surface area contributed by atoms with Crippen molar-refractivity contribution in [2.24, 2.45) is 11.8 Å². The zero-order valence-electron chi connectivity index (χ0n) is 10.3. The van der Waals surface area contributed by atoms with Crippen LogP contribution in [0.25, 0.3) is 0 Å². The average Bonchev–Trinajstić information content (AvgIpc) is 2.88. The highest BCUT2D eigenvalue weighted by molar-refractivity contribution is 4.95. The van der Waals surface area contributed by atoms with Crippen LogP contribution in [0.3, 0.4) is 0 Å². The normalized spacial score (nSPS) is 23.2. The average molecular weight is 184 g/mol. The Balaban J connectivity index is 0. The van der Waals surface area contributed by atoms with E-state index in [4.69, 9.17) is 0 Å². The molecule has 0 aromatic rings. The van der Waals surface area contributed by atoms with Gasteiger partial charge in [0.1, 0.15) is 0 Å². The Morgan fingerprint density at radius 2 is 1.62 bits per heavy atom. The minimum atomic E-state index is 0.866.